The van der Waals surface area contributed by atoms with Gasteiger partial charge in [0.05, 0.1) is 46.6 Å². The summed E-state index contributed by atoms with van der Waals surface area (Å²) in [6.07, 6.45) is 19.1. The molecule has 0 amide bonds. The second-order valence-corrected chi connectivity index (χ2v) is 34.1. The van der Waals surface area contributed by atoms with Crippen LogP contribution in [0.1, 0.15) is 161 Å². The van der Waals surface area contributed by atoms with E-state index in [9.17, 15) is 10.2 Å². The summed E-state index contributed by atoms with van der Waals surface area (Å²) in [6, 6.07) is 20.5. The van der Waals surface area contributed by atoms with Crippen molar-refractivity contribution in [3.8, 4) is 67.5 Å². The van der Waals surface area contributed by atoms with Crippen LogP contribution in [0.3, 0.4) is 0 Å². The Hall–Kier alpha value is -11.8. The van der Waals surface area contributed by atoms with Gasteiger partial charge in [-0.05, 0) is 127 Å². The van der Waals surface area contributed by atoms with Crippen molar-refractivity contribution in [3.63, 3.8) is 0 Å². The van der Waals surface area contributed by atoms with Crippen LogP contribution in [0.25, 0.3) is 78.1 Å². The number of hydrogen-bond acceptors (Lipinski definition) is 22. The molecule has 12 aromatic heterocycles. The molecule has 130 heavy (non-hydrogen) atoms. The third-order valence-electron chi connectivity index (χ3n) is 21.1. The molecule has 0 unspecified atom stereocenters. The molecule has 10 N–H and O–H groups in total. The third-order valence-corrected chi connectivity index (χ3v) is 23.9. The van der Waals surface area contributed by atoms with Gasteiger partial charge in [0.15, 0.2) is 55.5 Å². The maximum absolute atomic E-state index is 15.4. The van der Waals surface area contributed by atoms with E-state index >= 15 is 8.78 Å². The van der Waals surface area contributed by atoms with Crippen molar-refractivity contribution in [1.29, 1.82) is 0 Å². The molecule has 0 saturated carbocycles. The summed E-state index contributed by atoms with van der Waals surface area (Å²) in [6.45, 7) is 30.9. The van der Waals surface area contributed by atoms with E-state index in [-0.39, 0.29) is 90.1 Å². The van der Waals surface area contributed by atoms with E-state index < -0.39 is 23.5 Å². The van der Waals surface area contributed by atoms with Gasteiger partial charge < -0.3 is 52.1 Å². The second kappa shape index (κ2) is 40.3. The fourth-order valence-corrected chi connectivity index (χ4v) is 17.2. The van der Waals surface area contributed by atoms with Crippen LogP contribution in [0.15, 0.2) is 160 Å². The first-order valence-electron chi connectivity index (χ1n) is 40.2. The zero-order chi connectivity index (χ0) is 94.0. The molecule has 16 rings (SSSR count). The zero-order valence-electron chi connectivity index (χ0n) is 71.7. The minimum absolute atomic E-state index is 0.0864. The summed E-state index contributed by atoms with van der Waals surface area (Å²) in [4.78, 5) is 51.3. The Morgan fingerprint density at radius 1 is 0.377 bits per heavy atom. The van der Waals surface area contributed by atoms with Gasteiger partial charge >= 0.3 is 0 Å². The third kappa shape index (κ3) is 19.4. The van der Waals surface area contributed by atoms with E-state index in [0.717, 1.165) is 56.0 Å². The summed E-state index contributed by atoms with van der Waals surface area (Å²) >= 11 is 63.5. The van der Waals surface area contributed by atoms with Crippen LogP contribution < -0.4 is 41.9 Å². The monoisotopic (exact) mass is 1950 g/mol. The first-order chi connectivity index (χ1) is 61.8. The number of benzene rings is 4. The predicted octanol–water partition coefficient (Wildman–Crippen LogP) is 25.0. The first-order valence-corrected chi connectivity index (χ1v) is 44.0. The molecular formula is C92H84Cl10F2N20O6. The number of imidazole rings is 4. The Balaban J connectivity index is 0.000000148. The van der Waals surface area contributed by atoms with Crippen molar-refractivity contribution in [3.05, 3.63) is 291 Å². The van der Waals surface area contributed by atoms with Crippen LogP contribution in [-0.4, -0.2) is 113 Å². The highest BCUT2D eigenvalue weighted by atomic mass is 35.5. The van der Waals surface area contributed by atoms with Gasteiger partial charge in [0, 0.05) is 164 Å². The van der Waals surface area contributed by atoms with Crippen molar-refractivity contribution >= 4 is 173 Å². The van der Waals surface area contributed by atoms with Gasteiger partial charge in [-0.1, -0.05) is 169 Å². The summed E-state index contributed by atoms with van der Waals surface area (Å²) in [7, 11) is 0. The number of anilines is 4. The normalized spacial score (nSPS) is 12.3. The van der Waals surface area contributed by atoms with Crippen LogP contribution in [0, 0.1) is 25.5 Å². The molecule has 12 heterocycles. The van der Waals surface area contributed by atoms with Gasteiger partial charge in [-0.3, -0.25) is 27.6 Å². The quantitative estimate of drug-likeness (QED) is 0.0271. The first kappa shape index (κ1) is 95.8. The molecule has 4 aromatic carbocycles. The molecule has 0 aliphatic heterocycles. The molecule has 0 aliphatic rings. The molecule has 38 heteroatoms. The molecule has 0 radical (unpaired) electrons. The van der Waals surface area contributed by atoms with Crippen LogP contribution >= 0.6 is 116 Å². The lowest BCUT2D eigenvalue weighted by Crippen LogP contribution is -2.13. The molecular weight excluding hydrogens is 1870 g/mol. The highest BCUT2D eigenvalue weighted by Gasteiger charge is 2.34. The number of nitrogens with two attached hydrogens (primary N) is 4. The molecule has 0 spiro atoms. The number of halogens is 12. The topological polar surface area (TPSA) is 354 Å². The lowest BCUT2D eigenvalue weighted by atomic mass is 9.91. The molecule has 672 valence electrons. The van der Waals surface area contributed by atoms with Crippen LogP contribution in [-0.2, 0) is 0 Å². The number of rotatable bonds is 22. The van der Waals surface area contributed by atoms with E-state index in [1.165, 1.54) is 36.7 Å². The fraction of sp³-hybridized carbons (Fsp3) is 0.217. The minimum atomic E-state index is -0.648. The number of aromatic nitrogens is 16. The Morgan fingerprint density at radius 2 is 0.638 bits per heavy atom. The van der Waals surface area contributed by atoms with Crippen LogP contribution in [0.2, 0.25) is 51.0 Å². The Labute approximate surface area is 795 Å². The van der Waals surface area contributed by atoms with Gasteiger partial charge in [0.1, 0.15) is 102 Å². The molecule has 0 saturated heterocycles. The molecule has 0 aliphatic carbocycles. The summed E-state index contributed by atoms with van der Waals surface area (Å²) < 4.78 is 62.6. The summed E-state index contributed by atoms with van der Waals surface area (Å²) in [5.41, 5.74) is 36.1. The second-order valence-electron chi connectivity index (χ2n) is 30.2. The number of nitrogen functional groups attached to an aromatic ring is 4. The van der Waals surface area contributed by atoms with Gasteiger partial charge in [-0.15, -0.1) is 0 Å². The summed E-state index contributed by atoms with van der Waals surface area (Å²) in [5.74, 6) is 2.75. The highest BCUT2D eigenvalue weighted by molar-refractivity contribution is 6.36. The van der Waals surface area contributed by atoms with Gasteiger partial charge in [-0.2, -0.15) is 0 Å². The number of nitrogens with zero attached hydrogens (tertiary/aromatic N) is 16. The van der Waals surface area contributed by atoms with Crippen molar-refractivity contribution in [2.45, 2.75) is 119 Å². The molecule has 26 nitrogen and oxygen atoms in total. The van der Waals surface area contributed by atoms with E-state index in [2.05, 4.69) is 73.0 Å². The van der Waals surface area contributed by atoms with Gasteiger partial charge in [0.2, 0.25) is 0 Å². The minimum Gasteiger partial charge on any atom is -0.506 e. The van der Waals surface area contributed by atoms with Crippen molar-refractivity contribution < 1.29 is 37.9 Å². The Kier molecular flexibility index (Phi) is 29.7. The number of hydrogen-bond donors (Lipinski definition) is 6. The number of pyridine rings is 4. The lowest BCUT2D eigenvalue weighted by molar-refractivity contribution is 0.239. The van der Waals surface area contributed by atoms with Crippen molar-refractivity contribution in [2.75, 3.05) is 36.1 Å². The van der Waals surface area contributed by atoms with E-state index in [1.807, 2.05) is 116 Å². The maximum Gasteiger partial charge on any atom is 0.158 e. The molecule has 0 bridgehead atoms. The van der Waals surface area contributed by atoms with Gasteiger partial charge in [-0.25, -0.2) is 58.6 Å². The summed E-state index contributed by atoms with van der Waals surface area (Å²) in [5, 5.41) is 22.1. The van der Waals surface area contributed by atoms with Gasteiger partial charge in [0.25, 0.3) is 0 Å². The lowest BCUT2D eigenvalue weighted by Gasteiger charge is -2.23. The SMILES string of the molecule is C=C(O)c1ccc(-c2c(F)c(Cl)cc([C@@H](C)c3nc(Cl)c4c(N)nccn34)c2OC(C)C)cn1.C=C(O)c1ccc(-c2c(F)c(Cl)cc([C@H](C)c3nc(Cl)c4c(N)nccn34)c2OC(C)C)cn1.CCOc1c([C@@H](C)c2nc(Cl)c3c(N)nccn23)cc(Cl)c(C)c1-c1ccc(Cl)nc1.CCOc1c([C@H](C)c2nc(Cl)c3c(N)nccn23)cc(Cl)c(C)c1-c1ccc(Cl)nc1. The highest BCUT2D eigenvalue weighted by Crippen LogP contribution is 2.51. The average Bonchev–Trinajstić information content (AvgIpc) is 1.57. The zero-order valence-corrected chi connectivity index (χ0v) is 79.2. The van der Waals surface area contributed by atoms with Crippen LogP contribution in [0.4, 0.5) is 32.1 Å². The van der Waals surface area contributed by atoms with E-state index in [4.69, 9.17) is 158 Å². The van der Waals surface area contributed by atoms with Crippen molar-refractivity contribution in [1.82, 2.24) is 77.4 Å². The van der Waals surface area contributed by atoms with E-state index in [0.29, 0.717) is 135 Å². The molecule has 0 fully saturated rings. The average molecular weight is 1960 g/mol. The standard InChI is InChI=1S/2C24H22Cl2FN5O2.2C22H20Cl3N5O/c2*1-11(2)34-21-15(12(3)24-31-22(26)20-23(28)29-7-8-32(20)24)9-16(25)19(27)18(21)14-5-6-17(13(4)33)30-10-14;2*1-4-31-19-14(9-15(23)12(3)17(19)13-5-6-16(24)28-10-13)11(2)22-29-20(25)18-21(26)27-7-8-30(18)22/h2*5-12,33H,4H2,1-3H3,(H2,28,29);2*5-11H,4H2,1-3H3,(H2,26,27)/t2*12-;2*11-/m1010/s1. The van der Waals surface area contributed by atoms with E-state index in [1.54, 1.807) is 95.0 Å². The predicted molar refractivity (Wildman–Crippen MR) is 515 cm³/mol. The number of aliphatic hydroxyl groups excluding tert-OH is 2. The molecule has 4 atom stereocenters. The number of fused-ring (bicyclic) bond motifs is 4. The Bertz CT molecular complexity index is 6590. The number of aliphatic hydroxyl groups is 2. The van der Waals surface area contributed by atoms with Crippen LogP contribution in [0.5, 0.6) is 23.0 Å². The largest absolute Gasteiger partial charge is 0.506 e. The fourth-order valence-electron chi connectivity index (χ4n) is 15.0. The smallest absolute Gasteiger partial charge is 0.158 e. The van der Waals surface area contributed by atoms with Crippen molar-refractivity contribution in [2.24, 2.45) is 0 Å². The molecule has 16 aromatic rings. The number of ether oxygens (including phenoxy) is 4. The maximum atomic E-state index is 15.4. The Morgan fingerprint density at radius 3 is 0.885 bits per heavy atom.